The van der Waals surface area contributed by atoms with Gasteiger partial charge < -0.3 is 20.3 Å². The lowest BCUT2D eigenvalue weighted by molar-refractivity contribution is 0.0935. The number of methoxy groups -OCH3 is 1. The Hall–Kier alpha value is -2.87. The molecule has 1 aliphatic heterocycles. The maximum atomic E-state index is 12.8. The van der Waals surface area contributed by atoms with Crippen LogP contribution in [0.25, 0.3) is 0 Å². The van der Waals surface area contributed by atoms with E-state index >= 15 is 0 Å². The number of thiazole rings is 1. The zero-order valence-corrected chi connectivity index (χ0v) is 21.5. The van der Waals surface area contributed by atoms with Gasteiger partial charge in [0.05, 0.1) is 18.2 Å². The van der Waals surface area contributed by atoms with Crippen molar-refractivity contribution in [3.63, 3.8) is 0 Å². The fraction of sp³-hybridized carbons (Fsp3) is 0.519. The summed E-state index contributed by atoms with van der Waals surface area (Å²) >= 11 is 1.54. The summed E-state index contributed by atoms with van der Waals surface area (Å²) in [5, 5.41) is 8.93. The summed E-state index contributed by atoms with van der Waals surface area (Å²) in [5.41, 5.74) is 2.92. The number of amides is 3. The third-order valence-electron chi connectivity index (χ3n) is 6.93. The van der Waals surface area contributed by atoms with Crippen LogP contribution in [0, 0.1) is 0 Å². The molecule has 1 aromatic carbocycles. The number of nitrogens with zero attached hydrogens (tertiary/aromatic N) is 2. The Morgan fingerprint density at radius 3 is 2.83 bits per heavy atom. The van der Waals surface area contributed by atoms with Crippen molar-refractivity contribution < 1.29 is 14.3 Å². The highest BCUT2D eigenvalue weighted by molar-refractivity contribution is 7.09. The maximum Gasteiger partial charge on any atom is 0.317 e. The average molecular weight is 497 g/mol. The van der Waals surface area contributed by atoms with Crippen molar-refractivity contribution >= 4 is 23.3 Å². The molecule has 2 aliphatic rings. The Kier molecular flexibility index (Phi) is 8.79. The van der Waals surface area contributed by atoms with Gasteiger partial charge in [0.15, 0.2) is 0 Å². The first-order valence-electron chi connectivity index (χ1n) is 12.6. The molecule has 1 atom stereocenters. The fourth-order valence-electron chi connectivity index (χ4n) is 4.75. The van der Waals surface area contributed by atoms with E-state index in [4.69, 9.17) is 4.74 Å². The monoisotopic (exact) mass is 496 g/mol. The molecule has 2 heterocycles. The van der Waals surface area contributed by atoms with Crippen LogP contribution in [0.5, 0.6) is 5.75 Å². The van der Waals surface area contributed by atoms with Crippen LogP contribution in [0.4, 0.5) is 4.79 Å². The number of piperidine rings is 1. The molecule has 0 spiro atoms. The zero-order valence-electron chi connectivity index (χ0n) is 20.7. The second-order valence-electron chi connectivity index (χ2n) is 9.39. The number of allylic oxidation sites excluding steroid dienone is 1. The maximum absolute atomic E-state index is 12.8. The highest BCUT2D eigenvalue weighted by Gasteiger charge is 2.26. The van der Waals surface area contributed by atoms with Crippen LogP contribution in [0.15, 0.2) is 41.3 Å². The molecule has 1 aromatic heterocycles. The van der Waals surface area contributed by atoms with E-state index in [0.29, 0.717) is 25.3 Å². The van der Waals surface area contributed by atoms with Crippen LogP contribution >= 0.6 is 11.3 Å². The second kappa shape index (κ2) is 12.2. The van der Waals surface area contributed by atoms with E-state index in [0.717, 1.165) is 35.6 Å². The molecule has 1 saturated heterocycles. The second-order valence-corrected chi connectivity index (χ2v) is 10.3. The van der Waals surface area contributed by atoms with E-state index in [1.165, 1.54) is 42.6 Å². The average Bonchev–Trinajstić information content (AvgIpc) is 3.40. The molecule has 35 heavy (non-hydrogen) atoms. The lowest BCUT2D eigenvalue weighted by Gasteiger charge is -2.31. The van der Waals surface area contributed by atoms with E-state index in [9.17, 15) is 9.59 Å². The topological polar surface area (TPSA) is 83.6 Å². The minimum atomic E-state index is -0.173. The highest BCUT2D eigenvalue weighted by atomic mass is 32.1. The van der Waals surface area contributed by atoms with Crippen molar-refractivity contribution in [3.05, 3.63) is 57.6 Å². The number of hydrogen-bond acceptors (Lipinski definition) is 5. The van der Waals surface area contributed by atoms with Gasteiger partial charge >= 0.3 is 6.03 Å². The van der Waals surface area contributed by atoms with Crippen molar-refractivity contribution in [2.45, 2.75) is 63.8 Å². The largest absolute Gasteiger partial charge is 0.497 e. The van der Waals surface area contributed by atoms with E-state index < -0.39 is 0 Å². The summed E-state index contributed by atoms with van der Waals surface area (Å²) in [6.07, 6.45) is 9.95. The van der Waals surface area contributed by atoms with Crippen molar-refractivity contribution in [3.8, 4) is 5.75 Å². The molecular weight excluding hydrogens is 460 g/mol. The molecule has 2 aromatic rings. The summed E-state index contributed by atoms with van der Waals surface area (Å²) < 4.78 is 5.28. The third kappa shape index (κ3) is 6.84. The van der Waals surface area contributed by atoms with Gasteiger partial charge in [0.2, 0.25) is 0 Å². The van der Waals surface area contributed by atoms with Crippen molar-refractivity contribution in [1.29, 1.82) is 0 Å². The number of nitrogens with one attached hydrogen (secondary N) is 2. The lowest BCUT2D eigenvalue weighted by Crippen LogP contribution is -2.44. The number of carbonyl (C=O) groups excluding carboxylic acids is 2. The molecule has 1 unspecified atom stereocenters. The fourth-order valence-corrected chi connectivity index (χ4v) is 5.72. The first kappa shape index (κ1) is 25.2. The summed E-state index contributed by atoms with van der Waals surface area (Å²) in [4.78, 5) is 31.9. The van der Waals surface area contributed by atoms with Crippen LogP contribution in [-0.2, 0) is 0 Å². The number of rotatable bonds is 8. The summed E-state index contributed by atoms with van der Waals surface area (Å²) in [7, 11) is 1.63. The predicted molar refractivity (Wildman–Crippen MR) is 139 cm³/mol. The molecule has 2 N–H and O–H groups in total. The summed E-state index contributed by atoms with van der Waals surface area (Å²) in [5.74, 6) is 0.877. The number of ether oxygens (including phenoxy) is 1. The Labute approximate surface area is 212 Å². The quantitative estimate of drug-likeness (QED) is 0.478. The van der Waals surface area contributed by atoms with E-state index in [-0.39, 0.29) is 23.9 Å². The zero-order chi connectivity index (χ0) is 24.6. The molecule has 1 aliphatic carbocycles. The first-order valence-corrected chi connectivity index (χ1v) is 13.5. The number of likely N-dealkylation sites (tertiary alicyclic amines) is 1. The van der Waals surface area contributed by atoms with Crippen molar-refractivity contribution in [2.75, 3.05) is 26.7 Å². The number of benzene rings is 1. The molecule has 3 amide bonds. The molecule has 188 valence electrons. The van der Waals surface area contributed by atoms with Gasteiger partial charge in [0, 0.05) is 30.9 Å². The lowest BCUT2D eigenvalue weighted by atomic mass is 9.97. The van der Waals surface area contributed by atoms with Gasteiger partial charge in [-0.3, -0.25) is 4.79 Å². The predicted octanol–water partition coefficient (Wildman–Crippen LogP) is 5.42. The molecule has 8 heteroatoms. The SMILES string of the molecule is COc1cccc(C(C)NC(=O)c2csc(C3CCN(C(=O)NCCC4=CCCCC4)CC3)n2)c1. The Bertz CT molecular complexity index is 1040. The van der Waals surface area contributed by atoms with Crippen LogP contribution in [-0.4, -0.2) is 48.6 Å². The molecular formula is C27H36N4O3S. The Morgan fingerprint density at radius 1 is 1.26 bits per heavy atom. The number of aromatic nitrogens is 1. The molecule has 4 rings (SSSR count). The molecule has 0 saturated carbocycles. The summed E-state index contributed by atoms with van der Waals surface area (Å²) in [6, 6.07) is 7.57. The molecule has 0 radical (unpaired) electrons. The van der Waals surface area contributed by atoms with Crippen molar-refractivity contribution in [2.24, 2.45) is 0 Å². The van der Waals surface area contributed by atoms with Crippen LogP contribution in [0.3, 0.4) is 0 Å². The van der Waals surface area contributed by atoms with Crippen molar-refractivity contribution in [1.82, 2.24) is 20.5 Å². The highest BCUT2D eigenvalue weighted by Crippen LogP contribution is 2.30. The van der Waals surface area contributed by atoms with Gasteiger partial charge in [0.1, 0.15) is 11.4 Å². The van der Waals surface area contributed by atoms with E-state index in [1.54, 1.807) is 7.11 Å². The minimum absolute atomic E-state index is 0.0330. The number of urea groups is 1. The number of hydrogen-bond donors (Lipinski definition) is 2. The standard InChI is InChI=1S/C27H36N4O3S/c1-19(22-9-6-10-23(17-22)34-2)29-25(32)24-18-35-26(30-24)21-12-15-31(16-13-21)27(33)28-14-11-20-7-4-3-5-8-20/h6-7,9-10,17-19,21H,3-5,8,11-16H2,1-2H3,(H,28,33)(H,29,32). The number of carbonyl (C=O) groups is 2. The first-order chi connectivity index (χ1) is 17.0. The molecule has 1 fully saturated rings. The van der Waals surface area contributed by atoms with Gasteiger partial charge in [-0.2, -0.15) is 0 Å². The normalized spacial score (nSPS) is 17.4. The molecule has 7 nitrogen and oxygen atoms in total. The third-order valence-corrected chi connectivity index (χ3v) is 7.94. The van der Waals surface area contributed by atoms with Gasteiger partial charge in [-0.25, -0.2) is 9.78 Å². The van der Waals surface area contributed by atoms with Gasteiger partial charge in [-0.05, 0) is 69.6 Å². The smallest absolute Gasteiger partial charge is 0.317 e. The van der Waals surface area contributed by atoms with E-state index in [2.05, 4.69) is 21.7 Å². The van der Waals surface area contributed by atoms with Gasteiger partial charge in [0.25, 0.3) is 5.91 Å². The van der Waals surface area contributed by atoms with Gasteiger partial charge in [-0.1, -0.05) is 23.8 Å². The Morgan fingerprint density at radius 2 is 2.09 bits per heavy atom. The molecule has 0 bridgehead atoms. The van der Waals surface area contributed by atoms with Crippen LogP contribution < -0.4 is 15.4 Å². The van der Waals surface area contributed by atoms with Crippen LogP contribution in [0.1, 0.15) is 84.9 Å². The van der Waals surface area contributed by atoms with Crippen LogP contribution in [0.2, 0.25) is 0 Å². The van der Waals surface area contributed by atoms with Gasteiger partial charge in [-0.15, -0.1) is 11.3 Å². The summed E-state index contributed by atoms with van der Waals surface area (Å²) in [6.45, 7) is 4.09. The van der Waals surface area contributed by atoms with E-state index in [1.807, 2.05) is 41.5 Å². The minimum Gasteiger partial charge on any atom is -0.497 e. The Balaban J connectivity index is 1.23.